The molecule has 1 aromatic rings. The molecule has 2 N–H and O–H groups in total. The summed E-state index contributed by atoms with van der Waals surface area (Å²) in [5, 5.41) is 0. The average Bonchev–Trinajstić information content (AvgIpc) is 2.19. The highest BCUT2D eigenvalue weighted by atomic mass is 19.3. The summed E-state index contributed by atoms with van der Waals surface area (Å²) in [6.45, 7) is -1.28. The first-order valence-electron chi connectivity index (χ1n) is 4.42. The van der Waals surface area contributed by atoms with Crippen LogP contribution in [-0.4, -0.2) is 12.4 Å². The van der Waals surface area contributed by atoms with E-state index in [2.05, 4.69) is 4.74 Å². The van der Waals surface area contributed by atoms with Crippen molar-refractivity contribution in [1.82, 2.24) is 0 Å². The third kappa shape index (κ3) is 2.65. The summed E-state index contributed by atoms with van der Waals surface area (Å²) in [7, 11) is 0. The Labute approximate surface area is 85.8 Å². The Balaban J connectivity index is 3.05. The van der Waals surface area contributed by atoms with Gasteiger partial charge in [0.2, 0.25) is 0 Å². The summed E-state index contributed by atoms with van der Waals surface area (Å²) in [4.78, 5) is 11.3. The van der Waals surface area contributed by atoms with Crippen LogP contribution in [0.25, 0.3) is 0 Å². The van der Waals surface area contributed by atoms with Gasteiger partial charge in [0.15, 0.2) is 5.78 Å². The number of hydrogen-bond donors (Lipinski definition) is 1. The van der Waals surface area contributed by atoms with Crippen molar-refractivity contribution >= 4 is 11.5 Å². The molecule has 1 rings (SSSR count). The van der Waals surface area contributed by atoms with Gasteiger partial charge in [0.05, 0.1) is 5.69 Å². The van der Waals surface area contributed by atoms with E-state index in [0.717, 1.165) is 0 Å². The van der Waals surface area contributed by atoms with Crippen LogP contribution >= 0.6 is 0 Å². The number of anilines is 1. The number of carbonyl (C=O) groups is 1. The molecule has 0 fully saturated rings. The smallest absolute Gasteiger partial charge is 0.387 e. The summed E-state index contributed by atoms with van der Waals surface area (Å²) in [6.07, 6.45) is 0.266. The van der Waals surface area contributed by atoms with Crippen LogP contribution in [0.3, 0.4) is 0 Å². The van der Waals surface area contributed by atoms with E-state index < -0.39 is 6.61 Å². The molecule has 1 aromatic carbocycles. The van der Waals surface area contributed by atoms with Crippen LogP contribution in [0.1, 0.15) is 23.7 Å². The number of alkyl halides is 2. The Bertz CT molecular complexity index is 366. The first-order chi connectivity index (χ1) is 7.06. The van der Waals surface area contributed by atoms with E-state index in [1.807, 2.05) is 0 Å². The number of halogens is 2. The number of benzene rings is 1. The molecule has 0 saturated carbocycles. The van der Waals surface area contributed by atoms with Gasteiger partial charge in [0, 0.05) is 12.0 Å². The Morgan fingerprint density at radius 2 is 2.20 bits per heavy atom. The Morgan fingerprint density at radius 1 is 1.53 bits per heavy atom. The molecule has 0 saturated heterocycles. The summed E-state index contributed by atoms with van der Waals surface area (Å²) >= 11 is 0. The number of ether oxygens (including phenoxy) is 1. The minimum atomic E-state index is -2.95. The van der Waals surface area contributed by atoms with E-state index in [4.69, 9.17) is 5.73 Å². The molecule has 82 valence electrons. The van der Waals surface area contributed by atoms with Gasteiger partial charge in [-0.05, 0) is 12.1 Å². The Kier molecular flexibility index (Phi) is 3.60. The van der Waals surface area contributed by atoms with Crippen molar-refractivity contribution in [3.05, 3.63) is 23.8 Å². The first-order valence-corrected chi connectivity index (χ1v) is 4.42. The highest BCUT2D eigenvalue weighted by molar-refractivity contribution is 6.01. The van der Waals surface area contributed by atoms with Crippen molar-refractivity contribution in [2.24, 2.45) is 0 Å². The lowest BCUT2D eigenvalue weighted by atomic mass is 10.1. The highest BCUT2D eigenvalue weighted by Gasteiger charge is 2.14. The van der Waals surface area contributed by atoms with Gasteiger partial charge >= 0.3 is 6.61 Å². The van der Waals surface area contributed by atoms with Gasteiger partial charge in [0.25, 0.3) is 0 Å². The fraction of sp³-hybridized carbons (Fsp3) is 0.300. The predicted molar refractivity (Wildman–Crippen MR) is 52.1 cm³/mol. The molecule has 0 radical (unpaired) electrons. The number of ketones is 1. The van der Waals surface area contributed by atoms with Gasteiger partial charge in [0.1, 0.15) is 5.75 Å². The lowest BCUT2D eigenvalue weighted by Crippen LogP contribution is -2.08. The van der Waals surface area contributed by atoms with Crippen LogP contribution in [0.4, 0.5) is 14.5 Å². The maximum atomic E-state index is 12.0. The van der Waals surface area contributed by atoms with Gasteiger partial charge in [-0.3, -0.25) is 4.79 Å². The van der Waals surface area contributed by atoms with E-state index in [1.54, 1.807) is 6.92 Å². The highest BCUT2D eigenvalue weighted by Crippen LogP contribution is 2.27. The lowest BCUT2D eigenvalue weighted by Gasteiger charge is -2.10. The zero-order valence-electron chi connectivity index (χ0n) is 8.17. The monoisotopic (exact) mass is 215 g/mol. The number of para-hydroxylation sites is 1. The van der Waals surface area contributed by atoms with Crippen molar-refractivity contribution in [1.29, 1.82) is 0 Å². The zero-order chi connectivity index (χ0) is 11.4. The summed E-state index contributed by atoms with van der Waals surface area (Å²) in [5.74, 6) is -0.364. The molecule has 15 heavy (non-hydrogen) atoms. The minimum absolute atomic E-state index is 0.0374. The van der Waals surface area contributed by atoms with Crippen molar-refractivity contribution in [3.63, 3.8) is 0 Å². The SMILES string of the molecule is CCC(=O)c1cccc(OC(F)F)c1N. The third-order valence-corrected chi connectivity index (χ3v) is 1.90. The van der Waals surface area contributed by atoms with E-state index in [1.165, 1.54) is 18.2 Å². The van der Waals surface area contributed by atoms with Crippen LogP contribution in [0.2, 0.25) is 0 Å². The number of hydrogen-bond acceptors (Lipinski definition) is 3. The van der Waals surface area contributed by atoms with Crippen molar-refractivity contribution in [2.75, 3.05) is 5.73 Å². The minimum Gasteiger partial charge on any atom is -0.433 e. The Hall–Kier alpha value is -1.65. The summed E-state index contributed by atoms with van der Waals surface area (Å²) < 4.78 is 28.1. The van der Waals surface area contributed by atoms with Crippen molar-refractivity contribution in [3.8, 4) is 5.75 Å². The number of nitrogen functional groups attached to an aromatic ring is 1. The molecule has 5 heteroatoms. The molecular formula is C10H11F2NO2. The fourth-order valence-electron chi connectivity index (χ4n) is 1.18. The van der Waals surface area contributed by atoms with Gasteiger partial charge < -0.3 is 10.5 Å². The quantitative estimate of drug-likeness (QED) is 0.620. The molecule has 0 atom stereocenters. The molecule has 0 bridgehead atoms. The molecule has 0 aliphatic heterocycles. The number of nitrogens with two attached hydrogens (primary N) is 1. The Morgan fingerprint density at radius 3 is 2.73 bits per heavy atom. The van der Waals surface area contributed by atoms with Gasteiger partial charge in [-0.25, -0.2) is 0 Å². The average molecular weight is 215 g/mol. The maximum absolute atomic E-state index is 12.0. The predicted octanol–water partition coefficient (Wildman–Crippen LogP) is 2.46. The topological polar surface area (TPSA) is 52.3 Å². The van der Waals surface area contributed by atoms with Crippen molar-refractivity contribution < 1.29 is 18.3 Å². The second kappa shape index (κ2) is 4.72. The molecule has 0 spiro atoms. The van der Waals surface area contributed by atoms with Crippen LogP contribution in [0.5, 0.6) is 5.75 Å². The maximum Gasteiger partial charge on any atom is 0.387 e. The van der Waals surface area contributed by atoms with Crippen LogP contribution in [-0.2, 0) is 0 Å². The van der Waals surface area contributed by atoms with Gasteiger partial charge in [-0.15, -0.1) is 0 Å². The van der Waals surface area contributed by atoms with Crippen LogP contribution < -0.4 is 10.5 Å². The normalized spacial score (nSPS) is 10.4. The lowest BCUT2D eigenvalue weighted by molar-refractivity contribution is -0.0493. The second-order valence-electron chi connectivity index (χ2n) is 2.87. The summed E-state index contributed by atoms with van der Waals surface area (Å²) in [5.41, 5.74) is 5.71. The van der Waals surface area contributed by atoms with Crippen molar-refractivity contribution in [2.45, 2.75) is 20.0 Å². The molecule has 3 nitrogen and oxygen atoms in total. The zero-order valence-corrected chi connectivity index (χ0v) is 8.17. The molecule has 0 aliphatic rings. The standard InChI is InChI=1S/C10H11F2NO2/c1-2-7(14)6-4-3-5-8(9(6)13)15-10(11)12/h3-5,10H,2,13H2,1H3. The first kappa shape index (κ1) is 11.4. The summed E-state index contributed by atoms with van der Waals surface area (Å²) in [6, 6.07) is 4.24. The molecule has 0 heterocycles. The third-order valence-electron chi connectivity index (χ3n) is 1.90. The van der Waals surface area contributed by atoms with E-state index >= 15 is 0 Å². The van der Waals surface area contributed by atoms with E-state index in [9.17, 15) is 13.6 Å². The van der Waals surface area contributed by atoms with Gasteiger partial charge in [-0.1, -0.05) is 13.0 Å². The number of Topliss-reactive ketones (excluding diaryl/α,β-unsaturated/α-hetero) is 1. The van der Waals surface area contributed by atoms with Crippen LogP contribution in [0.15, 0.2) is 18.2 Å². The number of carbonyl (C=O) groups excluding carboxylic acids is 1. The second-order valence-corrected chi connectivity index (χ2v) is 2.87. The van der Waals surface area contributed by atoms with Crippen LogP contribution in [0, 0.1) is 0 Å². The molecule has 0 aromatic heterocycles. The molecule has 0 amide bonds. The van der Waals surface area contributed by atoms with E-state index in [-0.39, 0.29) is 29.2 Å². The molecule has 0 aliphatic carbocycles. The number of rotatable bonds is 4. The fourth-order valence-corrected chi connectivity index (χ4v) is 1.18. The molecule has 0 unspecified atom stereocenters. The molecular weight excluding hydrogens is 204 g/mol. The van der Waals surface area contributed by atoms with E-state index in [0.29, 0.717) is 0 Å². The largest absolute Gasteiger partial charge is 0.433 e. The van der Waals surface area contributed by atoms with Gasteiger partial charge in [-0.2, -0.15) is 8.78 Å².